The first kappa shape index (κ1) is 23.7. The highest BCUT2D eigenvalue weighted by Gasteiger charge is 2.21. The fourth-order valence-corrected chi connectivity index (χ4v) is 5.05. The van der Waals surface area contributed by atoms with Gasteiger partial charge in [-0.1, -0.05) is 42.1 Å². The molecule has 0 aliphatic carbocycles. The highest BCUT2D eigenvalue weighted by molar-refractivity contribution is 7.99. The van der Waals surface area contributed by atoms with Crippen molar-refractivity contribution in [3.8, 4) is 0 Å². The third kappa shape index (κ3) is 5.35. The lowest BCUT2D eigenvalue weighted by atomic mass is 10.1. The molecule has 0 radical (unpaired) electrons. The number of hydrogen-bond donors (Lipinski definition) is 0. The number of esters is 1. The van der Waals surface area contributed by atoms with Crippen LogP contribution < -0.4 is 4.90 Å². The molecular weight excluding hydrogens is 466 g/mol. The highest BCUT2D eigenvalue weighted by Crippen LogP contribution is 2.33. The third-order valence-electron chi connectivity index (χ3n) is 5.16. The smallest absolute Gasteiger partial charge is 0.341 e. The van der Waals surface area contributed by atoms with Crippen LogP contribution in [-0.2, 0) is 16.1 Å². The summed E-state index contributed by atoms with van der Waals surface area (Å²) in [5.41, 5.74) is 3.87. The summed E-state index contributed by atoms with van der Waals surface area (Å²) in [5, 5.41) is 2.91. The first-order chi connectivity index (χ1) is 16.4. The molecule has 0 aliphatic rings. The van der Waals surface area contributed by atoms with Crippen LogP contribution in [0, 0.1) is 13.8 Å². The van der Waals surface area contributed by atoms with Crippen LogP contribution in [0.25, 0.3) is 0 Å². The number of thiazole rings is 1. The number of hydrogen-bond acceptors (Lipinski definition) is 7. The average Bonchev–Trinajstić information content (AvgIpc) is 3.29. The fourth-order valence-electron chi connectivity index (χ4n) is 3.30. The number of carbonyl (C=O) groups excluding carboxylic acids is 2. The second-order valence-corrected chi connectivity index (χ2v) is 9.44. The van der Waals surface area contributed by atoms with Gasteiger partial charge in [-0.05, 0) is 55.3 Å². The average molecular weight is 490 g/mol. The number of ether oxygens (including phenoxy) is 1. The van der Waals surface area contributed by atoms with Crippen molar-refractivity contribution in [2.24, 2.45) is 0 Å². The molecule has 8 heteroatoms. The van der Waals surface area contributed by atoms with E-state index < -0.39 is 5.97 Å². The van der Waals surface area contributed by atoms with Gasteiger partial charge < -0.3 is 4.74 Å². The minimum absolute atomic E-state index is 0.00177. The molecule has 2 aromatic heterocycles. The first-order valence-electron chi connectivity index (χ1n) is 10.6. The number of nitrogens with zero attached hydrogens (tertiary/aromatic N) is 3. The largest absolute Gasteiger partial charge is 0.455 e. The molecule has 0 bridgehead atoms. The first-order valence-corrected chi connectivity index (χ1v) is 12.3. The molecule has 0 N–H and O–H groups in total. The maximum atomic E-state index is 12.8. The molecular formula is C26H23N3O3S2. The van der Waals surface area contributed by atoms with E-state index in [0.717, 1.165) is 21.7 Å². The van der Waals surface area contributed by atoms with E-state index in [4.69, 9.17) is 4.74 Å². The number of pyridine rings is 1. The molecule has 172 valence electrons. The summed E-state index contributed by atoms with van der Waals surface area (Å²) in [6.07, 6.45) is 1.65. The van der Waals surface area contributed by atoms with Crippen LogP contribution in [0.3, 0.4) is 0 Å². The zero-order valence-corrected chi connectivity index (χ0v) is 20.7. The summed E-state index contributed by atoms with van der Waals surface area (Å²) in [4.78, 5) is 36.8. The van der Waals surface area contributed by atoms with Crippen molar-refractivity contribution in [3.63, 3.8) is 0 Å². The van der Waals surface area contributed by atoms with Crippen molar-refractivity contribution in [2.45, 2.75) is 37.3 Å². The Morgan fingerprint density at radius 3 is 2.59 bits per heavy atom. The second kappa shape index (κ2) is 10.6. The van der Waals surface area contributed by atoms with Crippen LogP contribution in [0.4, 0.5) is 10.8 Å². The van der Waals surface area contributed by atoms with E-state index in [0.29, 0.717) is 21.4 Å². The van der Waals surface area contributed by atoms with E-state index in [2.05, 4.69) is 9.97 Å². The van der Waals surface area contributed by atoms with Gasteiger partial charge in [-0.3, -0.25) is 9.69 Å². The van der Waals surface area contributed by atoms with Crippen molar-refractivity contribution in [1.29, 1.82) is 0 Å². The summed E-state index contributed by atoms with van der Waals surface area (Å²) >= 11 is 2.74. The molecule has 2 aromatic carbocycles. The van der Waals surface area contributed by atoms with Crippen molar-refractivity contribution in [3.05, 3.63) is 94.6 Å². The van der Waals surface area contributed by atoms with Gasteiger partial charge in [0.1, 0.15) is 11.6 Å². The SMILES string of the molecule is CC(=O)N(c1nc(COC(=O)c2cccnc2Sc2ccccc2)cs1)c1cccc(C)c1C. The van der Waals surface area contributed by atoms with Crippen molar-refractivity contribution < 1.29 is 14.3 Å². The Bertz CT molecular complexity index is 1320. The van der Waals surface area contributed by atoms with E-state index in [-0.39, 0.29) is 12.5 Å². The van der Waals surface area contributed by atoms with Gasteiger partial charge in [0.15, 0.2) is 5.13 Å². The summed E-state index contributed by atoms with van der Waals surface area (Å²) in [5.74, 6) is -0.608. The van der Waals surface area contributed by atoms with Gasteiger partial charge in [-0.25, -0.2) is 14.8 Å². The molecule has 4 rings (SSSR count). The van der Waals surface area contributed by atoms with E-state index in [9.17, 15) is 9.59 Å². The van der Waals surface area contributed by atoms with Crippen molar-refractivity contribution in [1.82, 2.24) is 9.97 Å². The third-order valence-corrected chi connectivity index (χ3v) is 7.06. The molecule has 0 spiro atoms. The topological polar surface area (TPSA) is 72.4 Å². The maximum Gasteiger partial charge on any atom is 0.341 e. The molecule has 4 aromatic rings. The quantitative estimate of drug-likeness (QED) is 0.282. The number of benzene rings is 2. The predicted molar refractivity (Wildman–Crippen MR) is 135 cm³/mol. The molecule has 0 unspecified atom stereocenters. The zero-order chi connectivity index (χ0) is 24.1. The normalized spacial score (nSPS) is 10.7. The van der Waals surface area contributed by atoms with Crippen LogP contribution >= 0.6 is 23.1 Å². The van der Waals surface area contributed by atoms with Crippen molar-refractivity contribution in [2.75, 3.05) is 4.90 Å². The minimum Gasteiger partial charge on any atom is -0.455 e. The Labute approximate surface area is 206 Å². The lowest BCUT2D eigenvalue weighted by Crippen LogP contribution is -2.23. The molecule has 0 fully saturated rings. The monoisotopic (exact) mass is 489 g/mol. The Morgan fingerprint density at radius 2 is 1.82 bits per heavy atom. The van der Waals surface area contributed by atoms with Gasteiger partial charge in [0, 0.05) is 23.4 Å². The van der Waals surface area contributed by atoms with E-state index >= 15 is 0 Å². The number of rotatable bonds is 7. The Balaban J connectivity index is 1.49. The lowest BCUT2D eigenvalue weighted by Gasteiger charge is -2.21. The van der Waals surface area contributed by atoms with Crippen LogP contribution in [0.15, 0.2) is 82.2 Å². The number of carbonyl (C=O) groups is 2. The van der Waals surface area contributed by atoms with E-state index in [1.54, 1.807) is 28.6 Å². The molecule has 0 atom stereocenters. The zero-order valence-electron chi connectivity index (χ0n) is 19.0. The molecule has 0 saturated carbocycles. The number of anilines is 2. The highest BCUT2D eigenvalue weighted by atomic mass is 32.2. The summed E-state index contributed by atoms with van der Waals surface area (Å²) < 4.78 is 5.54. The van der Waals surface area contributed by atoms with Crippen LogP contribution in [0.5, 0.6) is 0 Å². The Morgan fingerprint density at radius 1 is 1.03 bits per heavy atom. The van der Waals surface area contributed by atoms with Gasteiger partial charge in [0.05, 0.1) is 16.9 Å². The van der Waals surface area contributed by atoms with Gasteiger partial charge >= 0.3 is 5.97 Å². The standard InChI is InChI=1S/C26H23N3O3S2/c1-17-9-7-13-23(18(17)2)29(19(3)30)26-28-20(16-33-26)15-32-25(31)22-12-8-14-27-24(22)34-21-10-5-4-6-11-21/h4-14,16H,15H2,1-3H3. The predicted octanol–water partition coefficient (Wildman–Crippen LogP) is 6.35. The summed E-state index contributed by atoms with van der Waals surface area (Å²) in [7, 11) is 0. The van der Waals surface area contributed by atoms with Gasteiger partial charge in [0.25, 0.3) is 0 Å². The molecule has 0 aliphatic heterocycles. The number of aryl methyl sites for hydroxylation is 1. The minimum atomic E-state index is -0.473. The van der Waals surface area contributed by atoms with E-state index in [1.807, 2.05) is 62.4 Å². The van der Waals surface area contributed by atoms with Crippen LogP contribution in [-0.4, -0.2) is 21.8 Å². The van der Waals surface area contributed by atoms with Gasteiger partial charge in [-0.15, -0.1) is 11.3 Å². The molecule has 0 saturated heterocycles. The van der Waals surface area contributed by atoms with Crippen LogP contribution in [0.2, 0.25) is 0 Å². The maximum absolute atomic E-state index is 12.8. The van der Waals surface area contributed by atoms with Crippen LogP contribution in [0.1, 0.15) is 34.1 Å². The van der Waals surface area contributed by atoms with E-state index in [1.165, 1.54) is 30.0 Å². The Hall–Kier alpha value is -3.49. The summed E-state index contributed by atoms with van der Waals surface area (Å²) in [6.45, 7) is 5.50. The fraction of sp³-hybridized carbons (Fsp3) is 0.154. The second-order valence-electron chi connectivity index (χ2n) is 7.54. The molecule has 2 heterocycles. The van der Waals surface area contributed by atoms with Crippen molar-refractivity contribution >= 4 is 45.8 Å². The molecule has 34 heavy (non-hydrogen) atoms. The lowest BCUT2D eigenvalue weighted by molar-refractivity contribution is -0.115. The molecule has 6 nitrogen and oxygen atoms in total. The van der Waals surface area contributed by atoms with Gasteiger partial charge in [0.2, 0.25) is 5.91 Å². The summed E-state index contributed by atoms with van der Waals surface area (Å²) in [6, 6.07) is 19.0. The van der Waals surface area contributed by atoms with Gasteiger partial charge in [-0.2, -0.15) is 0 Å². The molecule has 1 amide bonds. The number of aromatic nitrogens is 2. The Kier molecular flexibility index (Phi) is 7.40. The number of amides is 1.